The predicted molar refractivity (Wildman–Crippen MR) is 98.4 cm³/mol. The molecule has 0 aromatic rings. The van der Waals surface area contributed by atoms with E-state index in [1.165, 1.54) is 13.8 Å². The zero-order valence-corrected chi connectivity index (χ0v) is 16.9. The van der Waals surface area contributed by atoms with Gasteiger partial charge in [-0.3, -0.25) is 9.59 Å². The van der Waals surface area contributed by atoms with Gasteiger partial charge in [0, 0.05) is 23.3 Å². The number of hydrogen-bond donors (Lipinski definition) is 4. The fraction of sp³-hybridized carbons (Fsp3) is 0.733. The Morgan fingerprint density at radius 1 is 0.800 bits per heavy atom. The highest BCUT2D eigenvalue weighted by molar-refractivity contribution is 7.82. The van der Waals surface area contributed by atoms with E-state index < -0.39 is 39.3 Å². The average Bonchev–Trinajstić information content (AvgIpc) is 2.37. The molecule has 2 amide bonds. The maximum Gasteiger partial charge on any atom is 0.333 e. The largest absolute Gasteiger partial charge is 0.422 e. The maximum absolute atomic E-state index is 12.3. The summed E-state index contributed by atoms with van der Waals surface area (Å²) in [5, 5.41) is 4.65. The van der Waals surface area contributed by atoms with Crippen molar-refractivity contribution in [1.82, 2.24) is 10.6 Å². The molecule has 0 aromatic carbocycles. The van der Waals surface area contributed by atoms with Crippen LogP contribution in [-0.2, 0) is 28.7 Å². The van der Waals surface area contributed by atoms with Crippen LogP contribution in [0, 0.1) is 0 Å². The van der Waals surface area contributed by atoms with Gasteiger partial charge in [0.2, 0.25) is 12.8 Å². The minimum Gasteiger partial charge on any atom is -0.422 e. The lowest BCUT2D eigenvalue weighted by atomic mass is 10.0. The molecule has 0 saturated heterocycles. The lowest BCUT2D eigenvalue weighted by Crippen LogP contribution is -2.54. The maximum atomic E-state index is 12.3. The Hall–Kier alpha value is -1.42. The van der Waals surface area contributed by atoms with Crippen LogP contribution >= 0.6 is 25.3 Å². The highest BCUT2D eigenvalue weighted by Gasteiger charge is 2.41. The van der Waals surface area contributed by atoms with Gasteiger partial charge in [-0.1, -0.05) is 0 Å². The first-order chi connectivity index (χ1) is 11.2. The zero-order chi connectivity index (χ0) is 20.1. The second-order valence-electron chi connectivity index (χ2n) is 6.98. The van der Waals surface area contributed by atoms with Gasteiger partial charge in [0.05, 0.1) is 0 Å². The molecule has 0 spiro atoms. The number of rotatable bonds is 10. The molecular formula is C15H26N2O6S2. The van der Waals surface area contributed by atoms with E-state index in [4.69, 9.17) is 9.47 Å². The number of nitrogens with one attached hydrogen (secondary N) is 2. The number of carbonyl (C=O) groups is 4. The van der Waals surface area contributed by atoms with Crippen molar-refractivity contribution in [3.8, 4) is 0 Å². The predicted octanol–water partition coefficient (Wildman–Crippen LogP) is 0.455. The molecular weight excluding hydrogens is 368 g/mol. The fourth-order valence-corrected chi connectivity index (χ4v) is 2.24. The molecule has 0 aliphatic rings. The smallest absolute Gasteiger partial charge is 0.333 e. The molecule has 0 radical (unpaired) electrons. The Kier molecular flexibility index (Phi) is 8.29. The summed E-state index contributed by atoms with van der Waals surface area (Å²) in [5.74, 6) is -3.29. The first kappa shape index (κ1) is 23.6. The number of carbonyl (C=O) groups excluding carboxylic acids is 4. The number of hydrogen-bond acceptors (Lipinski definition) is 8. The van der Waals surface area contributed by atoms with E-state index in [9.17, 15) is 19.2 Å². The van der Waals surface area contributed by atoms with Gasteiger partial charge in [0.25, 0.3) is 5.79 Å². The Morgan fingerprint density at radius 3 is 1.28 bits per heavy atom. The van der Waals surface area contributed by atoms with Crippen LogP contribution in [0.15, 0.2) is 0 Å². The third-order valence-electron chi connectivity index (χ3n) is 3.05. The molecule has 0 aromatic heterocycles. The van der Waals surface area contributed by atoms with Crippen molar-refractivity contribution < 1.29 is 28.7 Å². The number of ether oxygens (including phenoxy) is 2. The van der Waals surface area contributed by atoms with E-state index in [1.807, 2.05) is 0 Å². The van der Waals surface area contributed by atoms with E-state index in [2.05, 4.69) is 35.9 Å². The third-order valence-corrected chi connectivity index (χ3v) is 3.56. The molecule has 25 heavy (non-hydrogen) atoms. The second kappa shape index (κ2) is 8.79. The SMILES string of the molecule is CC(C)(OC(=O)[C@@H](NC=O)C(C)(C)S)OC(=O)[C@H](NC=O)C(C)(C)S. The topological polar surface area (TPSA) is 111 Å². The van der Waals surface area contributed by atoms with Crippen LogP contribution in [0.5, 0.6) is 0 Å². The summed E-state index contributed by atoms with van der Waals surface area (Å²) < 4.78 is 8.57. The Labute approximate surface area is 158 Å². The van der Waals surface area contributed by atoms with Crippen molar-refractivity contribution in [2.75, 3.05) is 0 Å². The van der Waals surface area contributed by atoms with Gasteiger partial charge in [0.15, 0.2) is 0 Å². The van der Waals surface area contributed by atoms with Crippen LogP contribution in [0.3, 0.4) is 0 Å². The minimum atomic E-state index is -1.64. The Balaban J connectivity index is 5.18. The molecule has 0 bridgehead atoms. The summed E-state index contributed by atoms with van der Waals surface area (Å²) in [4.78, 5) is 46.0. The van der Waals surface area contributed by atoms with Crippen LogP contribution < -0.4 is 10.6 Å². The molecule has 0 saturated carbocycles. The van der Waals surface area contributed by atoms with Crippen LogP contribution in [-0.4, -0.2) is 52.1 Å². The highest BCUT2D eigenvalue weighted by Crippen LogP contribution is 2.24. The summed E-state index contributed by atoms with van der Waals surface area (Å²) in [7, 11) is 0. The molecule has 144 valence electrons. The summed E-state index contributed by atoms with van der Waals surface area (Å²) in [6.45, 7) is 9.18. The minimum absolute atomic E-state index is 0.358. The molecule has 8 nitrogen and oxygen atoms in total. The molecule has 0 aliphatic carbocycles. The van der Waals surface area contributed by atoms with Crippen molar-refractivity contribution in [2.24, 2.45) is 0 Å². The molecule has 0 fully saturated rings. The lowest BCUT2D eigenvalue weighted by molar-refractivity contribution is -0.219. The summed E-state index contributed by atoms with van der Waals surface area (Å²) >= 11 is 8.50. The van der Waals surface area contributed by atoms with Crippen molar-refractivity contribution >= 4 is 50.0 Å². The third kappa shape index (κ3) is 8.00. The van der Waals surface area contributed by atoms with Crippen molar-refractivity contribution in [1.29, 1.82) is 0 Å². The molecule has 2 N–H and O–H groups in total. The van der Waals surface area contributed by atoms with E-state index in [0.717, 1.165) is 0 Å². The van der Waals surface area contributed by atoms with Crippen molar-refractivity contribution in [3.63, 3.8) is 0 Å². The molecule has 0 unspecified atom stereocenters. The van der Waals surface area contributed by atoms with Crippen LogP contribution in [0.2, 0.25) is 0 Å². The number of thiol groups is 2. The van der Waals surface area contributed by atoms with Gasteiger partial charge in [-0.2, -0.15) is 25.3 Å². The van der Waals surface area contributed by atoms with Crippen LogP contribution in [0.1, 0.15) is 41.5 Å². The second-order valence-corrected chi connectivity index (χ2v) is 9.29. The first-order valence-corrected chi connectivity index (χ1v) is 8.35. The molecule has 2 atom stereocenters. The quantitative estimate of drug-likeness (QED) is 0.185. The average molecular weight is 395 g/mol. The highest BCUT2D eigenvalue weighted by atomic mass is 32.1. The van der Waals surface area contributed by atoms with Gasteiger partial charge in [-0.25, -0.2) is 9.59 Å². The van der Waals surface area contributed by atoms with E-state index in [1.54, 1.807) is 27.7 Å². The van der Waals surface area contributed by atoms with E-state index in [0.29, 0.717) is 12.8 Å². The van der Waals surface area contributed by atoms with Gasteiger partial charge in [0.1, 0.15) is 12.1 Å². The van der Waals surface area contributed by atoms with Crippen molar-refractivity contribution in [2.45, 2.75) is 68.9 Å². The summed E-state index contributed by atoms with van der Waals surface area (Å²) in [5.41, 5.74) is 0. The van der Waals surface area contributed by atoms with Crippen molar-refractivity contribution in [3.05, 3.63) is 0 Å². The van der Waals surface area contributed by atoms with Crippen LogP contribution in [0.4, 0.5) is 0 Å². The summed E-state index contributed by atoms with van der Waals surface area (Å²) in [6, 6.07) is -2.12. The molecule has 0 heterocycles. The van der Waals surface area contributed by atoms with Gasteiger partial charge >= 0.3 is 11.9 Å². The Bertz CT molecular complexity index is 467. The fourth-order valence-electron chi connectivity index (χ4n) is 1.88. The molecule has 0 rings (SSSR count). The van der Waals surface area contributed by atoms with E-state index >= 15 is 0 Å². The Morgan fingerprint density at radius 2 is 1.08 bits per heavy atom. The van der Waals surface area contributed by atoms with Gasteiger partial charge < -0.3 is 20.1 Å². The molecule has 10 heteroatoms. The van der Waals surface area contributed by atoms with Gasteiger partial charge in [-0.15, -0.1) is 0 Å². The molecule has 0 aliphatic heterocycles. The van der Waals surface area contributed by atoms with Gasteiger partial charge in [-0.05, 0) is 27.7 Å². The number of amides is 2. The normalized spacial score (nSPS) is 14.7. The zero-order valence-electron chi connectivity index (χ0n) is 15.2. The van der Waals surface area contributed by atoms with E-state index in [-0.39, 0.29) is 0 Å². The monoisotopic (exact) mass is 394 g/mol. The van der Waals surface area contributed by atoms with Crippen LogP contribution in [0.25, 0.3) is 0 Å². The standard InChI is InChI=1S/C15H26N2O6S2/c1-13(2,24)9(16-7-18)11(20)22-15(5,6)23-12(21)10(17-8-19)14(3,4)25/h7-10,24-25H,1-6H3,(H,16,18)(H,17,19)/t9-,10+. The summed E-state index contributed by atoms with van der Waals surface area (Å²) in [6.07, 6.45) is 0.715. The first-order valence-electron chi connectivity index (χ1n) is 7.45. The lowest BCUT2D eigenvalue weighted by Gasteiger charge is -2.34. The number of esters is 2.